The van der Waals surface area contributed by atoms with E-state index in [2.05, 4.69) is 5.32 Å². The van der Waals surface area contributed by atoms with E-state index in [1.807, 2.05) is 18.2 Å². The molecule has 0 aliphatic heterocycles. The minimum atomic E-state index is -0.404. The van der Waals surface area contributed by atoms with Gasteiger partial charge in [-0.25, -0.2) is 4.39 Å². The molecule has 2 rings (SSSR count). The van der Waals surface area contributed by atoms with Gasteiger partial charge in [0.2, 0.25) is 0 Å². The summed E-state index contributed by atoms with van der Waals surface area (Å²) in [6.07, 6.45) is 0.540. The Kier molecular flexibility index (Phi) is 5.77. The Morgan fingerprint density at radius 3 is 2.64 bits per heavy atom. The van der Waals surface area contributed by atoms with Gasteiger partial charge in [0.25, 0.3) is 5.91 Å². The van der Waals surface area contributed by atoms with Crippen LogP contribution in [0.15, 0.2) is 48.5 Å². The molecule has 0 aliphatic rings. The van der Waals surface area contributed by atoms with Crippen LogP contribution in [0.1, 0.15) is 5.56 Å². The van der Waals surface area contributed by atoms with E-state index in [1.54, 1.807) is 24.3 Å². The van der Waals surface area contributed by atoms with Crippen molar-refractivity contribution in [2.24, 2.45) is 0 Å². The van der Waals surface area contributed by atoms with E-state index >= 15 is 0 Å². The lowest BCUT2D eigenvalue weighted by atomic mass is 10.1. The lowest BCUT2D eigenvalue weighted by molar-refractivity contribution is -0.123. The maximum absolute atomic E-state index is 13.5. The monoisotopic (exact) mass is 303 g/mol. The molecule has 0 bridgehead atoms. The molecule has 0 spiro atoms. The van der Waals surface area contributed by atoms with Gasteiger partial charge < -0.3 is 14.8 Å². The normalized spacial score (nSPS) is 10.1. The summed E-state index contributed by atoms with van der Waals surface area (Å²) in [6, 6.07) is 13.9. The summed E-state index contributed by atoms with van der Waals surface area (Å²) in [5.74, 6) is 0.246. The van der Waals surface area contributed by atoms with Crippen molar-refractivity contribution in [3.05, 3.63) is 59.9 Å². The van der Waals surface area contributed by atoms with E-state index in [9.17, 15) is 9.18 Å². The molecule has 1 amide bonds. The molecule has 0 aromatic heterocycles. The zero-order valence-corrected chi connectivity index (χ0v) is 12.3. The molecule has 2 aromatic carbocycles. The number of methoxy groups -OCH3 is 1. The van der Waals surface area contributed by atoms with Crippen LogP contribution < -0.4 is 14.8 Å². The first kappa shape index (κ1) is 15.8. The van der Waals surface area contributed by atoms with E-state index in [0.717, 1.165) is 5.56 Å². The smallest absolute Gasteiger partial charge is 0.257 e. The Labute approximate surface area is 128 Å². The Balaban J connectivity index is 1.72. The average Bonchev–Trinajstić information content (AvgIpc) is 2.54. The van der Waals surface area contributed by atoms with Crippen molar-refractivity contribution in [1.82, 2.24) is 5.32 Å². The summed E-state index contributed by atoms with van der Waals surface area (Å²) in [6.45, 7) is 0.379. The summed E-state index contributed by atoms with van der Waals surface area (Å²) >= 11 is 0. The number of hydrogen-bond donors (Lipinski definition) is 1. The van der Waals surface area contributed by atoms with Crippen LogP contribution in [0.25, 0.3) is 0 Å². The van der Waals surface area contributed by atoms with Crippen molar-refractivity contribution in [3.8, 4) is 11.5 Å². The first-order valence-electron chi connectivity index (χ1n) is 6.96. The second-order valence-corrected chi connectivity index (χ2v) is 4.67. The third-order valence-corrected chi connectivity index (χ3v) is 3.07. The molecule has 0 unspecified atom stereocenters. The number of halogens is 1. The topological polar surface area (TPSA) is 47.6 Å². The van der Waals surface area contributed by atoms with Crippen LogP contribution in [0.5, 0.6) is 11.5 Å². The molecule has 0 fully saturated rings. The maximum atomic E-state index is 13.5. The van der Waals surface area contributed by atoms with Gasteiger partial charge in [0.1, 0.15) is 5.75 Å². The third-order valence-electron chi connectivity index (χ3n) is 3.07. The molecule has 2 aromatic rings. The fourth-order valence-electron chi connectivity index (χ4n) is 1.93. The van der Waals surface area contributed by atoms with Crippen LogP contribution in [-0.2, 0) is 11.2 Å². The van der Waals surface area contributed by atoms with Crippen LogP contribution >= 0.6 is 0 Å². The maximum Gasteiger partial charge on any atom is 0.257 e. The van der Waals surface area contributed by atoms with Crippen LogP contribution in [0, 0.1) is 5.82 Å². The van der Waals surface area contributed by atoms with Gasteiger partial charge in [-0.1, -0.05) is 24.3 Å². The fraction of sp³-hybridized carbons (Fsp3) is 0.235. The van der Waals surface area contributed by atoms with Gasteiger partial charge in [0.15, 0.2) is 18.2 Å². The van der Waals surface area contributed by atoms with Gasteiger partial charge >= 0.3 is 0 Å². The minimum absolute atomic E-state index is 0.0407. The number of ether oxygens (including phenoxy) is 2. The van der Waals surface area contributed by atoms with Crippen molar-refractivity contribution < 1.29 is 18.7 Å². The highest BCUT2D eigenvalue weighted by Crippen LogP contribution is 2.17. The fourth-order valence-corrected chi connectivity index (χ4v) is 1.93. The van der Waals surface area contributed by atoms with Crippen LogP contribution in [0.3, 0.4) is 0 Å². The highest BCUT2D eigenvalue weighted by atomic mass is 19.1. The van der Waals surface area contributed by atoms with E-state index < -0.39 is 5.82 Å². The quantitative estimate of drug-likeness (QED) is 0.855. The number of rotatable bonds is 7. The number of para-hydroxylation sites is 1. The number of hydrogen-bond acceptors (Lipinski definition) is 3. The molecule has 0 saturated carbocycles. The summed E-state index contributed by atoms with van der Waals surface area (Å²) in [4.78, 5) is 11.6. The van der Waals surface area contributed by atoms with Crippen LogP contribution in [0.4, 0.5) is 4.39 Å². The van der Waals surface area contributed by atoms with Crippen molar-refractivity contribution >= 4 is 5.91 Å². The molecule has 0 atom stereocenters. The predicted octanol–water partition coefficient (Wildman–Crippen LogP) is 2.57. The first-order chi connectivity index (χ1) is 10.7. The molecule has 4 nitrogen and oxygen atoms in total. The zero-order chi connectivity index (χ0) is 15.8. The SMILES string of the molecule is COc1ccc(CCNC(=O)COc2ccccc2)cc1F. The molecular formula is C17H18FNO3. The molecular weight excluding hydrogens is 285 g/mol. The third kappa shape index (κ3) is 4.77. The van der Waals surface area contributed by atoms with Gasteiger partial charge in [0.05, 0.1) is 7.11 Å². The Bertz CT molecular complexity index is 617. The van der Waals surface area contributed by atoms with Gasteiger partial charge in [-0.2, -0.15) is 0 Å². The standard InChI is InChI=1S/C17H18FNO3/c1-21-16-8-7-13(11-15(16)18)9-10-19-17(20)12-22-14-5-3-2-4-6-14/h2-8,11H,9-10,12H2,1H3,(H,19,20). The molecule has 116 valence electrons. The molecule has 1 N–H and O–H groups in total. The van der Waals surface area contributed by atoms with Crippen LogP contribution in [-0.4, -0.2) is 26.2 Å². The molecule has 5 heteroatoms. The molecule has 22 heavy (non-hydrogen) atoms. The van der Waals surface area contributed by atoms with Crippen molar-refractivity contribution in [2.75, 3.05) is 20.3 Å². The Morgan fingerprint density at radius 2 is 1.95 bits per heavy atom. The first-order valence-corrected chi connectivity index (χ1v) is 6.96. The average molecular weight is 303 g/mol. The molecule has 0 heterocycles. The van der Waals surface area contributed by atoms with E-state index in [0.29, 0.717) is 18.7 Å². The second kappa shape index (κ2) is 8.02. The van der Waals surface area contributed by atoms with Gasteiger partial charge in [-0.05, 0) is 36.2 Å². The number of carbonyl (C=O) groups excluding carboxylic acids is 1. The number of carbonyl (C=O) groups is 1. The van der Waals surface area contributed by atoms with Crippen LogP contribution in [0.2, 0.25) is 0 Å². The predicted molar refractivity (Wildman–Crippen MR) is 81.6 cm³/mol. The summed E-state index contributed by atoms with van der Waals surface area (Å²) in [5, 5.41) is 2.73. The number of nitrogens with one attached hydrogen (secondary N) is 1. The van der Waals surface area contributed by atoms with E-state index in [4.69, 9.17) is 9.47 Å². The highest BCUT2D eigenvalue weighted by Gasteiger charge is 2.05. The largest absolute Gasteiger partial charge is 0.494 e. The lowest BCUT2D eigenvalue weighted by Crippen LogP contribution is -2.30. The minimum Gasteiger partial charge on any atom is -0.494 e. The van der Waals surface area contributed by atoms with Gasteiger partial charge in [0, 0.05) is 6.54 Å². The summed E-state index contributed by atoms with van der Waals surface area (Å²) in [7, 11) is 1.42. The Hall–Kier alpha value is -2.56. The van der Waals surface area contributed by atoms with E-state index in [1.165, 1.54) is 13.2 Å². The molecule has 0 aliphatic carbocycles. The van der Waals surface area contributed by atoms with Crippen molar-refractivity contribution in [2.45, 2.75) is 6.42 Å². The van der Waals surface area contributed by atoms with E-state index in [-0.39, 0.29) is 18.3 Å². The van der Waals surface area contributed by atoms with Gasteiger partial charge in [-0.15, -0.1) is 0 Å². The van der Waals surface area contributed by atoms with Crippen molar-refractivity contribution in [1.29, 1.82) is 0 Å². The molecule has 0 radical (unpaired) electrons. The van der Waals surface area contributed by atoms with Gasteiger partial charge in [-0.3, -0.25) is 4.79 Å². The summed E-state index contributed by atoms with van der Waals surface area (Å²) in [5.41, 5.74) is 0.794. The Morgan fingerprint density at radius 1 is 1.18 bits per heavy atom. The highest BCUT2D eigenvalue weighted by molar-refractivity contribution is 5.77. The number of amides is 1. The van der Waals surface area contributed by atoms with Crippen molar-refractivity contribution in [3.63, 3.8) is 0 Å². The lowest BCUT2D eigenvalue weighted by Gasteiger charge is -2.08. The summed E-state index contributed by atoms with van der Waals surface area (Å²) < 4.78 is 23.7. The second-order valence-electron chi connectivity index (χ2n) is 4.67. The molecule has 0 saturated heterocycles. The number of benzene rings is 2. The zero-order valence-electron chi connectivity index (χ0n) is 12.3.